The van der Waals surface area contributed by atoms with E-state index in [2.05, 4.69) is 6.92 Å². The summed E-state index contributed by atoms with van der Waals surface area (Å²) >= 11 is 5.66. The highest BCUT2D eigenvalue weighted by molar-refractivity contribution is 6.17. The Hall–Kier alpha value is -0.190. The van der Waals surface area contributed by atoms with Crippen LogP contribution in [0.1, 0.15) is 122 Å². The Morgan fingerprint density at radius 1 is 0.193 bits per heavy atom. The Labute approximate surface area is 354 Å². The molecule has 0 aromatic heterocycles. The number of unbranched alkanes of at least 4 members (excludes halogenated alkanes) is 16. The summed E-state index contributed by atoms with van der Waals surface area (Å²) in [5, 5.41) is 0. The first kappa shape index (κ1) is 56.8. The van der Waals surface area contributed by atoms with E-state index < -0.39 is 0 Å². The van der Waals surface area contributed by atoms with Crippen LogP contribution in [0.5, 0.6) is 0 Å². The van der Waals surface area contributed by atoms with Crippen LogP contribution in [-0.2, 0) is 56.8 Å². The highest BCUT2D eigenvalue weighted by Crippen LogP contribution is 2.13. The van der Waals surface area contributed by atoms with Gasteiger partial charge in [-0.1, -0.05) is 103 Å². The largest absolute Gasteiger partial charge is 0.379 e. The van der Waals surface area contributed by atoms with Crippen molar-refractivity contribution in [2.24, 2.45) is 0 Å². The predicted octanol–water partition coefficient (Wildman–Crippen LogP) is 8.47. The van der Waals surface area contributed by atoms with Crippen LogP contribution in [0.2, 0.25) is 0 Å². The third kappa shape index (κ3) is 55.8. The molecule has 0 saturated carbocycles. The van der Waals surface area contributed by atoms with Crippen LogP contribution in [0.25, 0.3) is 0 Å². The smallest absolute Gasteiger partial charge is 0.0701 e. The zero-order valence-corrected chi connectivity index (χ0v) is 37.4. The van der Waals surface area contributed by atoms with Gasteiger partial charge in [0.2, 0.25) is 0 Å². The first-order chi connectivity index (χ1) is 28.4. The van der Waals surface area contributed by atoms with E-state index >= 15 is 0 Å². The van der Waals surface area contributed by atoms with Gasteiger partial charge in [-0.25, -0.2) is 0 Å². The summed E-state index contributed by atoms with van der Waals surface area (Å²) in [6.07, 6.45) is 23.8. The van der Waals surface area contributed by atoms with Crippen molar-refractivity contribution in [1.82, 2.24) is 0 Å². The molecule has 0 aliphatic heterocycles. The van der Waals surface area contributed by atoms with Crippen LogP contribution in [0, 0.1) is 0 Å². The Morgan fingerprint density at radius 2 is 0.351 bits per heavy atom. The number of hydrogen-bond acceptors (Lipinski definition) is 12. The SMILES string of the molecule is CCCCCCCCCCCCCCCCOCCOCCOCCOCCOCCOCCOCCOCCOCCOCCOCCOCCCCCCCl. The second kappa shape index (κ2) is 55.8. The normalized spacial score (nSPS) is 11.7. The third-order valence-corrected chi connectivity index (χ3v) is 9.17. The van der Waals surface area contributed by atoms with E-state index in [0.29, 0.717) is 145 Å². The zero-order valence-electron chi connectivity index (χ0n) is 36.7. The van der Waals surface area contributed by atoms with Gasteiger partial charge in [0.25, 0.3) is 0 Å². The van der Waals surface area contributed by atoms with Gasteiger partial charge in [-0.2, -0.15) is 0 Å². The van der Waals surface area contributed by atoms with Crippen molar-refractivity contribution in [3.63, 3.8) is 0 Å². The van der Waals surface area contributed by atoms with E-state index in [1.165, 1.54) is 96.3 Å². The van der Waals surface area contributed by atoms with Crippen LogP contribution in [0.3, 0.4) is 0 Å². The van der Waals surface area contributed by atoms with E-state index in [4.69, 9.17) is 68.4 Å². The Bertz CT molecular complexity index is 631. The van der Waals surface area contributed by atoms with Crippen LogP contribution in [0.15, 0.2) is 0 Å². The maximum atomic E-state index is 5.69. The average molecular weight is 846 g/mol. The average Bonchev–Trinajstić information content (AvgIpc) is 3.22. The number of hydrogen-bond donors (Lipinski definition) is 0. The third-order valence-electron chi connectivity index (χ3n) is 8.91. The minimum atomic E-state index is 0.519. The molecule has 0 atom stereocenters. The lowest BCUT2D eigenvalue weighted by Gasteiger charge is -2.09. The summed E-state index contributed by atoms with van der Waals surface area (Å²) in [5.74, 6) is 0.745. The Morgan fingerprint density at radius 3 is 0.544 bits per heavy atom. The molecule has 0 N–H and O–H groups in total. The maximum Gasteiger partial charge on any atom is 0.0701 e. The van der Waals surface area contributed by atoms with Gasteiger partial charge in [0.1, 0.15) is 0 Å². The molecular formula is C44H89ClO12. The minimum absolute atomic E-state index is 0.519. The van der Waals surface area contributed by atoms with Gasteiger partial charge in [0.05, 0.1) is 145 Å². The van der Waals surface area contributed by atoms with Crippen molar-refractivity contribution in [2.75, 3.05) is 164 Å². The summed E-state index contributed by atoms with van der Waals surface area (Å²) in [5.41, 5.74) is 0. The van der Waals surface area contributed by atoms with Crippen molar-refractivity contribution in [3.05, 3.63) is 0 Å². The van der Waals surface area contributed by atoms with Gasteiger partial charge in [0.15, 0.2) is 0 Å². The maximum absolute atomic E-state index is 5.69. The van der Waals surface area contributed by atoms with Gasteiger partial charge in [-0.05, 0) is 19.3 Å². The predicted molar refractivity (Wildman–Crippen MR) is 229 cm³/mol. The van der Waals surface area contributed by atoms with E-state index in [1.807, 2.05) is 0 Å². The number of alkyl halides is 1. The fraction of sp³-hybridized carbons (Fsp3) is 1.00. The number of halogens is 1. The highest BCUT2D eigenvalue weighted by Gasteiger charge is 1.98. The zero-order chi connectivity index (χ0) is 40.9. The van der Waals surface area contributed by atoms with Crippen molar-refractivity contribution in [3.8, 4) is 0 Å². The summed E-state index contributed by atoms with van der Waals surface area (Å²) in [6, 6.07) is 0. The summed E-state index contributed by atoms with van der Waals surface area (Å²) in [7, 11) is 0. The lowest BCUT2D eigenvalue weighted by molar-refractivity contribution is -0.0284. The fourth-order valence-electron chi connectivity index (χ4n) is 5.57. The topological polar surface area (TPSA) is 111 Å². The van der Waals surface area contributed by atoms with E-state index in [-0.39, 0.29) is 0 Å². The van der Waals surface area contributed by atoms with Crippen LogP contribution in [-0.4, -0.2) is 164 Å². The molecule has 0 rings (SSSR count). The summed E-state index contributed by atoms with van der Waals surface area (Å²) in [4.78, 5) is 0. The van der Waals surface area contributed by atoms with Crippen molar-refractivity contribution in [2.45, 2.75) is 122 Å². The molecule has 0 aliphatic rings. The van der Waals surface area contributed by atoms with Gasteiger partial charge in [-0.15, -0.1) is 11.6 Å². The molecule has 0 bridgehead atoms. The molecule has 0 aliphatic carbocycles. The molecule has 0 aromatic rings. The second-order valence-electron chi connectivity index (χ2n) is 14.0. The molecule has 12 nitrogen and oxygen atoms in total. The molecule has 344 valence electrons. The quantitative estimate of drug-likeness (QED) is 0.0433. The molecular weight excluding hydrogens is 756 g/mol. The van der Waals surface area contributed by atoms with E-state index in [1.54, 1.807) is 0 Å². The van der Waals surface area contributed by atoms with E-state index in [9.17, 15) is 0 Å². The molecule has 0 amide bonds. The molecule has 0 fully saturated rings. The molecule has 0 heterocycles. The fourth-order valence-corrected chi connectivity index (χ4v) is 5.76. The van der Waals surface area contributed by atoms with Crippen molar-refractivity contribution in [1.29, 1.82) is 0 Å². The van der Waals surface area contributed by atoms with Gasteiger partial charge in [-0.3, -0.25) is 0 Å². The molecule has 0 aromatic carbocycles. The molecule has 57 heavy (non-hydrogen) atoms. The van der Waals surface area contributed by atoms with Crippen molar-refractivity contribution < 1.29 is 56.8 Å². The molecule has 13 heteroatoms. The van der Waals surface area contributed by atoms with Crippen LogP contribution >= 0.6 is 11.6 Å². The Kier molecular flexibility index (Phi) is 55.6. The molecule has 0 spiro atoms. The van der Waals surface area contributed by atoms with Gasteiger partial charge in [0, 0.05) is 19.1 Å². The number of ether oxygens (including phenoxy) is 12. The molecule has 0 unspecified atom stereocenters. The minimum Gasteiger partial charge on any atom is -0.379 e. The molecule has 0 radical (unpaired) electrons. The monoisotopic (exact) mass is 845 g/mol. The van der Waals surface area contributed by atoms with Gasteiger partial charge >= 0.3 is 0 Å². The lowest BCUT2D eigenvalue weighted by atomic mass is 10.0. The Balaban J connectivity index is 3.05. The standard InChI is InChI=1S/C44H89ClO12/c1-2-3-4-5-6-7-8-9-10-11-12-13-15-18-21-46-23-25-48-27-29-50-31-33-52-35-37-54-39-41-56-43-44-57-42-40-55-38-36-53-34-32-51-30-28-49-26-24-47-22-19-16-14-17-20-45/h2-44H2,1H3. The van der Waals surface area contributed by atoms with Gasteiger partial charge < -0.3 is 56.8 Å². The lowest BCUT2D eigenvalue weighted by Crippen LogP contribution is -2.15. The summed E-state index contributed by atoms with van der Waals surface area (Å²) < 4.78 is 66.5. The highest BCUT2D eigenvalue weighted by atomic mass is 35.5. The summed E-state index contributed by atoms with van der Waals surface area (Å²) in [6.45, 7) is 16.0. The van der Waals surface area contributed by atoms with Crippen molar-refractivity contribution >= 4 is 11.6 Å². The van der Waals surface area contributed by atoms with Crippen LogP contribution < -0.4 is 0 Å². The van der Waals surface area contributed by atoms with E-state index in [0.717, 1.165) is 38.4 Å². The second-order valence-corrected chi connectivity index (χ2v) is 14.4. The number of rotatable bonds is 54. The molecule has 0 saturated heterocycles. The van der Waals surface area contributed by atoms with Crippen LogP contribution in [0.4, 0.5) is 0 Å². The first-order valence-electron chi connectivity index (χ1n) is 22.9. The first-order valence-corrected chi connectivity index (χ1v) is 23.4.